The molecule has 3 rings (SSSR count). The monoisotopic (exact) mass is 493 g/mol. The summed E-state index contributed by atoms with van der Waals surface area (Å²) in [5.74, 6) is -3.24. The van der Waals surface area contributed by atoms with Crippen molar-refractivity contribution in [1.82, 2.24) is 14.7 Å². The van der Waals surface area contributed by atoms with E-state index in [1.165, 1.54) is 0 Å². The molecule has 0 aromatic rings. The van der Waals surface area contributed by atoms with Crippen molar-refractivity contribution in [1.29, 1.82) is 0 Å². The van der Waals surface area contributed by atoms with E-state index in [1.807, 2.05) is 0 Å². The van der Waals surface area contributed by atoms with E-state index in [2.05, 4.69) is 14.7 Å². The van der Waals surface area contributed by atoms with Crippen LogP contribution < -0.4 is 0 Å². The maximum atomic E-state index is 10.4. The standard InChI is InChI=1S/C6H12O4.3C5H9NO2/c1-2-6(3-7,4-8)5(9)10;3*7-5(8)1-2-6-3-4-6/h7-8H,2-4H2,1H3,(H,9,10);3*1-4H2,(H,7,8). The third-order valence-electron chi connectivity index (χ3n) is 5.28. The molecule has 3 fully saturated rings. The highest BCUT2D eigenvalue weighted by Gasteiger charge is 2.35. The molecular weight excluding hydrogens is 454 g/mol. The number of rotatable bonds is 13. The first kappa shape index (κ1) is 31.7. The van der Waals surface area contributed by atoms with Crippen LogP contribution in [0.4, 0.5) is 0 Å². The molecule has 0 bridgehead atoms. The third kappa shape index (κ3) is 18.1. The highest BCUT2D eigenvalue weighted by molar-refractivity contribution is 5.74. The van der Waals surface area contributed by atoms with Crippen LogP contribution in [-0.4, -0.2) is 141 Å². The predicted molar refractivity (Wildman–Crippen MR) is 121 cm³/mol. The van der Waals surface area contributed by atoms with E-state index < -0.39 is 42.5 Å². The molecule has 0 aliphatic carbocycles. The Morgan fingerprint density at radius 1 is 0.618 bits per heavy atom. The fourth-order valence-corrected chi connectivity index (χ4v) is 2.20. The number of hydrogen-bond donors (Lipinski definition) is 6. The number of aliphatic hydroxyl groups excluding tert-OH is 2. The van der Waals surface area contributed by atoms with Gasteiger partial charge in [0.15, 0.2) is 0 Å². The van der Waals surface area contributed by atoms with Crippen LogP contribution in [-0.2, 0) is 19.2 Å². The molecule has 0 atom stereocenters. The van der Waals surface area contributed by atoms with E-state index in [0.29, 0.717) is 19.3 Å². The van der Waals surface area contributed by atoms with Crippen LogP contribution in [0.25, 0.3) is 0 Å². The summed E-state index contributed by atoms with van der Waals surface area (Å²) >= 11 is 0. The van der Waals surface area contributed by atoms with Crippen molar-refractivity contribution in [2.45, 2.75) is 32.6 Å². The molecule has 3 heterocycles. The zero-order valence-electron chi connectivity index (χ0n) is 19.8. The molecule has 3 saturated heterocycles. The van der Waals surface area contributed by atoms with Crippen LogP contribution in [0.3, 0.4) is 0 Å². The van der Waals surface area contributed by atoms with Gasteiger partial charge in [-0.2, -0.15) is 0 Å². The molecular formula is C21H39N3O10. The normalized spacial score (nSPS) is 16.4. The fourth-order valence-electron chi connectivity index (χ4n) is 2.20. The van der Waals surface area contributed by atoms with Gasteiger partial charge in [0.2, 0.25) is 0 Å². The summed E-state index contributed by atoms with van der Waals surface area (Å²) in [6.07, 6.45) is 1.11. The maximum absolute atomic E-state index is 10.4. The minimum absolute atomic E-state index is 0.231. The Morgan fingerprint density at radius 3 is 0.971 bits per heavy atom. The van der Waals surface area contributed by atoms with Crippen LogP contribution in [0.1, 0.15) is 32.6 Å². The summed E-state index contributed by atoms with van der Waals surface area (Å²) < 4.78 is 0. The highest BCUT2D eigenvalue weighted by Crippen LogP contribution is 2.19. The molecule has 0 amide bonds. The largest absolute Gasteiger partial charge is 0.481 e. The molecule has 13 heteroatoms. The topological polar surface area (TPSA) is 199 Å². The number of aliphatic hydroxyl groups is 2. The Kier molecular flexibility index (Phi) is 16.0. The molecule has 3 aliphatic rings. The molecule has 198 valence electrons. The van der Waals surface area contributed by atoms with E-state index in [4.69, 9.17) is 30.6 Å². The second-order valence-electron chi connectivity index (χ2n) is 8.21. The van der Waals surface area contributed by atoms with Crippen molar-refractivity contribution >= 4 is 23.9 Å². The van der Waals surface area contributed by atoms with Gasteiger partial charge in [-0.05, 0) is 6.42 Å². The molecule has 0 radical (unpaired) electrons. The first-order chi connectivity index (χ1) is 16.0. The number of carbonyl (C=O) groups is 4. The van der Waals surface area contributed by atoms with Gasteiger partial charge in [-0.25, -0.2) is 0 Å². The number of carboxylic acid groups (broad SMARTS) is 4. The molecule has 0 aromatic carbocycles. The Bertz CT molecular complexity index is 560. The molecule has 0 unspecified atom stereocenters. The lowest BCUT2D eigenvalue weighted by Crippen LogP contribution is -2.37. The van der Waals surface area contributed by atoms with Crippen LogP contribution in [0.5, 0.6) is 0 Å². The van der Waals surface area contributed by atoms with Gasteiger partial charge in [0.05, 0.1) is 32.5 Å². The van der Waals surface area contributed by atoms with E-state index in [0.717, 1.165) is 58.9 Å². The minimum atomic E-state index is -1.35. The molecule has 3 aliphatic heterocycles. The Hall–Kier alpha value is -2.32. The quantitative estimate of drug-likeness (QED) is 0.167. The van der Waals surface area contributed by atoms with E-state index in [1.54, 1.807) is 6.92 Å². The van der Waals surface area contributed by atoms with Gasteiger partial charge in [0.25, 0.3) is 0 Å². The Labute approximate surface area is 199 Å². The van der Waals surface area contributed by atoms with E-state index in [-0.39, 0.29) is 6.42 Å². The molecule has 0 saturated carbocycles. The van der Waals surface area contributed by atoms with Gasteiger partial charge in [-0.15, -0.1) is 0 Å². The third-order valence-corrected chi connectivity index (χ3v) is 5.28. The second-order valence-corrected chi connectivity index (χ2v) is 8.21. The lowest BCUT2D eigenvalue weighted by Gasteiger charge is -2.21. The van der Waals surface area contributed by atoms with Crippen LogP contribution in [0.2, 0.25) is 0 Å². The van der Waals surface area contributed by atoms with E-state index in [9.17, 15) is 19.2 Å². The van der Waals surface area contributed by atoms with Gasteiger partial charge in [0, 0.05) is 58.9 Å². The van der Waals surface area contributed by atoms with Gasteiger partial charge in [-0.1, -0.05) is 6.92 Å². The maximum Gasteiger partial charge on any atom is 0.314 e. The summed E-state index contributed by atoms with van der Waals surface area (Å²) in [5, 5.41) is 50.2. The van der Waals surface area contributed by atoms with Gasteiger partial charge in [-0.3, -0.25) is 19.2 Å². The summed E-state index contributed by atoms with van der Waals surface area (Å²) in [5.41, 5.74) is -1.35. The van der Waals surface area contributed by atoms with Crippen LogP contribution in [0, 0.1) is 5.41 Å². The van der Waals surface area contributed by atoms with Crippen molar-refractivity contribution < 1.29 is 49.8 Å². The zero-order chi connectivity index (χ0) is 26.1. The molecule has 0 spiro atoms. The van der Waals surface area contributed by atoms with Crippen molar-refractivity contribution in [2.24, 2.45) is 5.41 Å². The molecule has 0 aromatic heterocycles. The minimum Gasteiger partial charge on any atom is -0.481 e. The van der Waals surface area contributed by atoms with Crippen molar-refractivity contribution in [2.75, 3.05) is 72.1 Å². The Balaban J connectivity index is 0.000000428. The van der Waals surface area contributed by atoms with E-state index >= 15 is 0 Å². The average molecular weight is 494 g/mol. The molecule has 13 nitrogen and oxygen atoms in total. The highest BCUT2D eigenvalue weighted by atomic mass is 16.4. The van der Waals surface area contributed by atoms with Crippen LogP contribution >= 0.6 is 0 Å². The number of aliphatic carboxylic acids is 4. The van der Waals surface area contributed by atoms with Crippen molar-refractivity contribution in [3.63, 3.8) is 0 Å². The first-order valence-electron chi connectivity index (χ1n) is 11.3. The number of nitrogens with zero attached hydrogens (tertiary/aromatic N) is 3. The van der Waals surface area contributed by atoms with Crippen molar-refractivity contribution in [3.05, 3.63) is 0 Å². The average Bonchev–Trinajstić information content (AvgIpc) is 3.65. The van der Waals surface area contributed by atoms with Gasteiger partial charge < -0.3 is 45.3 Å². The first-order valence-corrected chi connectivity index (χ1v) is 11.3. The van der Waals surface area contributed by atoms with Crippen LogP contribution in [0.15, 0.2) is 0 Å². The molecule has 6 N–H and O–H groups in total. The summed E-state index contributed by atoms with van der Waals surface area (Å²) in [6, 6.07) is 0. The summed E-state index contributed by atoms with van der Waals surface area (Å²) in [7, 11) is 0. The smallest absolute Gasteiger partial charge is 0.314 e. The van der Waals surface area contributed by atoms with Gasteiger partial charge in [0.1, 0.15) is 5.41 Å². The second kappa shape index (κ2) is 17.2. The summed E-state index contributed by atoms with van der Waals surface area (Å²) in [4.78, 5) is 46.4. The Morgan fingerprint density at radius 2 is 0.882 bits per heavy atom. The van der Waals surface area contributed by atoms with Gasteiger partial charge >= 0.3 is 23.9 Å². The lowest BCUT2D eigenvalue weighted by atomic mass is 9.87. The lowest BCUT2D eigenvalue weighted by molar-refractivity contribution is -0.155. The number of carboxylic acids is 4. The number of hydrogen-bond acceptors (Lipinski definition) is 9. The SMILES string of the molecule is CCC(CO)(CO)C(=O)O.O=C(O)CCN1CC1.O=C(O)CCN1CC1.O=C(O)CCN1CC1. The zero-order valence-corrected chi connectivity index (χ0v) is 19.8. The predicted octanol–water partition coefficient (Wildman–Crippen LogP) is -1.22. The van der Waals surface area contributed by atoms with Crippen molar-refractivity contribution in [3.8, 4) is 0 Å². The summed E-state index contributed by atoms with van der Waals surface area (Å²) in [6.45, 7) is 9.31. The fraction of sp³-hybridized carbons (Fsp3) is 0.810. The molecule has 34 heavy (non-hydrogen) atoms.